The van der Waals surface area contributed by atoms with E-state index in [2.05, 4.69) is 92.9 Å². The Morgan fingerprint density at radius 2 is 1.53 bits per heavy atom. The number of hydrogen-bond donors (Lipinski definition) is 1. The summed E-state index contributed by atoms with van der Waals surface area (Å²) in [4.78, 5) is 9.52. The number of anilines is 2. The van der Waals surface area contributed by atoms with E-state index in [4.69, 9.17) is 4.74 Å². The fourth-order valence-corrected chi connectivity index (χ4v) is 3.94. The summed E-state index contributed by atoms with van der Waals surface area (Å²) in [6.07, 6.45) is 1.90. The highest BCUT2D eigenvalue weighted by molar-refractivity contribution is 5.56. The third-order valence-corrected chi connectivity index (χ3v) is 5.65. The zero-order valence-corrected chi connectivity index (χ0v) is 17.6. The summed E-state index contributed by atoms with van der Waals surface area (Å²) in [7, 11) is 1.76. The highest BCUT2D eigenvalue weighted by atomic mass is 16.5. The van der Waals surface area contributed by atoms with Crippen LogP contribution in [0.3, 0.4) is 0 Å². The molecule has 1 aromatic heterocycles. The predicted octanol–water partition coefficient (Wildman–Crippen LogP) is 4.05. The second-order valence-corrected chi connectivity index (χ2v) is 7.62. The maximum absolute atomic E-state index is 5.21. The molecular formula is C25H30N4O. The normalized spacial score (nSPS) is 14.8. The number of aromatic nitrogens is 1. The average molecular weight is 403 g/mol. The Balaban J connectivity index is 1.49. The molecule has 0 bridgehead atoms. The van der Waals surface area contributed by atoms with Crippen LogP contribution in [0.2, 0.25) is 0 Å². The van der Waals surface area contributed by atoms with Gasteiger partial charge in [0.1, 0.15) is 5.82 Å². The summed E-state index contributed by atoms with van der Waals surface area (Å²) < 4.78 is 5.21. The number of nitrogens with one attached hydrogen (secondary N) is 1. The van der Waals surface area contributed by atoms with Crippen molar-refractivity contribution in [3.63, 3.8) is 0 Å². The highest BCUT2D eigenvalue weighted by Gasteiger charge is 2.18. The molecule has 2 aromatic carbocycles. The molecule has 0 saturated carbocycles. The fraction of sp³-hybridized carbons (Fsp3) is 0.320. The van der Waals surface area contributed by atoms with E-state index < -0.39 is 0 Å². The molecule has 5 nitrogen and oxygen atoms in total. The molecule has 30 heavy (non-hydrogen) atoms. The van der Waals surface area contributed by atoms with Crippen LogP contribution in [-0.4, -0.2) is 56.3 Å². The van der Waals surface area contributed by atoms with Crippen molar-refractivity contribution in [1.29, 1.82) is 0 Å². The van der Waals surface area contributed by atoms with Gasteiger partial charge in [0.25, 0.3) is 0 Å². The molecule has 5 heteroatoms. The van der Waals surface area contributed by atoms with Crippen LogP contribution < -0.4 is 10.2 Å². The lowest BCUT2D eigenvalue weighted by Crippen LogP contribution is -2.47. The molecule has 1 N–H and O–H groups in total. The molecule has 0 amide bonds. The van der Waals surface area contributed by atoms with Crippen molar-refractivity contribution >= 4 is 11.5 Å². The molecule has 2 heterocycles. The molecule has 156 valence electrons. The Morgan fingerprint density at radius 3 is 2.13 bits per heavy atom. The van der Waals surface area contributed by atoms with Crippen LogP contribution in [0, 0.1) is 0 Å². The van der Waals surface area contributed by atoms with Crippen molar-refractivity contribution in [2.24, 2.45) is 0 Å². The second kappa shape index (κ2) is 10.2. The molecule has 3 aromatic rings. The third-order valence-electron chi connectivity index (χ3n) is 5.65. The monoisotopic (exact) mass is 402 g/mol. The smallest absolute Gasteiger partial charge is 0.128 e. The van der Waals surface area contributed by atoms with Gasteiger partial charge in [-0.15, -0.1) is 0 Å². The van der Waals surface area contributed by atoms with Gasteiger partial charge in [-0.25, -0.2) is 4.98 Å². The van der Waals surface area contributed by atoms with Gasteiger partial charge in [-0.05, 0) is 17.2 Å². The lowest BCUT2D eigenvalue weighted by atomic mass is 9.99. The van der Waals surface area contributed by atoms with Gasteiger partial charge in [0.05, 0.1) is 12.6 Å². The average Bonchev–Trinajstić information content (AvgIpc) is 2.83. The van der Waals surface area contributed by atoms with Crippen molar-refractivity contribution in [3.05, 3.63) is 90.1 Å². The Hall–Kier alpha value is -2.89. The maximum Gasteiger partial charge on any atom is 0.128 e. The summed E-state index contributed by atoms with van der Waals surface area (Å²) in [5.41, 5.74) is 3.67. The largest absolute Gasteiger partial charge is 0.383 e. The van der Waals surface area contributed by atoms with Crippen LogP contribution in [0.15, 0.2) is 79.0 Å². The first-order chi connectivity index (χ1) is 14.8. The zero-order chi connectivity index (χ0) is 20.6. The standard InChI is InChI=1S/C25H30N4O/c1-30-19-18-28-14-16-29(17-15-28)23-12-13-26-24(20-23)27-25(21-8-4-2-5-9-21)22-10-6-3-7-11-22/h2-13,20,25H,14-19H2,1H3,(H,26,27). The van der Waals surface area contributed by atoms with Crippen molar-refractivity contribution in [2.45, 2.75) is 6.04 Å². The van der Waals surface area contributed by atoms with E-state index in [1.54, 1.807) is 7.11 Å². The number of pyridine rings is 1. The van der Waals surface area contributed by atoms with E-state index in [1.807, 2.05) is 6.20 Å². The Morgan fingerprint density at radius 1 is 0.900 bits per heavy atom. The molecule has 1 aliphatic heterocycles. The van der Waals surface area contributed by atoms with E-state index >= 15 is 0 Å². The third kappa shape index (κ3) is 5.17. The van der Waals surface area contributed by atoms with Gasteiger partial charge in [0.15, 0.2) is 0 Å². The quantitative estimate of drug-likeness (QED) is 0.616. The van der Waals surface area contributed by atoms with Gasteiger partial charge in [0.2, 0.25) is 0 Å². The molecular weight excluding hydrogens is 372 g/mol. The first kappa shape index (κ1) is 20.4. The second-order valence-electron chi connectivity index (χ2n) is 7.62. The summed E-state index contributed by atoms with van der Waals surface area (Å²) >= 11 is 0. The van der Waals surface area contributed by atoms with Crippen LogP contribution in [0.5, 0.6) is 0 Å². The SMILES string of the molecule is COCCN1CCN(c2ccnc(NC(c3ccccc3)c3ccccc3)c2)CC1. The highest BCUT2D eigenvalue weighted by Crippen LogP contribution is 2.27. The molecule has 1 aliphatic rings. The summed E-state index contributed by atoms with van der Waals surface area (Å²) in [6.45, 7) is 5.96. The number of ether oxygens (including phenoxy) is 1. The van der Waals surface area contributed by atoms with Crippen LogP contribution in [0.25, 0.3) is 0 Å². The Kier molecular flexibility index (Phi) is 6.95. The van der Waals surface area contributed by atoms with E-state index in [9.17, 15) is 0 Å². The number of methoxy groups -OCH3 is 1. The van der Waals surface area contributed by atoms with Crippen molar-refractivity contribution < 1.29 is 4.74 Å². The van der Waals surface area contributed by atoms with E-state index in [-0.39, 0.29) is 6.04 Å². The molecule has 0 spiro atoms. The molecule has 0 atom stereocenters. The predicted molar refractivity (Wildman–Crippen MR) is 123 cm³/mol. The summed E-state index contributed by atoms with van der Waals surface area (Å²) in [5, 5.41) is 3.66. The number of piperazine rings is 1. The van der Waals surface area contributed by atoms with Gasteiger partial charge in [-0.1, -0.05) is 60.7 Å². The van der Waals surface area contributed by atoms with Gasteiger partial charge >= 0.3 is 0 Å². The maximum atomic E-state index is 5.21. The number of hydrogen-bond acceptors (Lipinski definition) is 5. The van der Waals surface area contributed by atoms with Crippen molar-refractivity contribution in [2.75, 3.05) is 56.7 Å². The van der Waals surface area contributed by atoms with Gasteiger partial charge in [-0.2, -0.15) is 0 Å². The van der Waals surface area contributed by atoms with Crippen molar-refractivity contribution in [3.8, 4) is 0 Å². The molecule has 1 saturated heterocycles. The van der Waals surface area contributed by atoms with Crippen LogP contribution >= 0.6 is 0 Å². The topological polar surface area (TPSA) is 40.6 Å². The summed E-state index contributed by atoms with van der Waals surface area (Å²) in [5.74, 6) is 0.895. The van der Waals surface area contributed by atoms with Crippen LogP contribution in [0.1, 0.15) is 17.2 Å². The summed E-state index contributed by atoms with van der Waals surface area (Å²) in [6, 6.07) is 25.4. The minimum Gasteiger partial charge on any atom is -0.383 e. The molecule has 0 unspecified atom stereocenters. The van der Waals surface area contributed by atoms with E-state index in [0.717, 1.165) is 45.1 Å². The molecule has 1 fully saturated rings. The van der Waals surface area contributed by atoms with Gasteiger partial charge < -0.3 is 15.0 Å². The molecule has 4 rings (SSSR count). The number of rotatable bonds is 8. The van der Waals surface area contributed by atoms with E-state index in [1.165, 1.54) is 16.8 Å². The first-order valence-electron chi connectivity index (χ1n) is 10.6. The number of benzene rings is 2. The Labute approximate surface area is 179 Å². The molecule has 0 aliphatic carbocycles. The van der Waals surface area contributed by atoms with Crippen LogP contribution in [0.4, 0.5) is 11.5 Å². The van der Waals surface area contributed by atoms with Crippen LogP contribution in [-0.2, 0) is 4.74 Å². The minimum absolute atomic E-state index is 0.0565. The van der Waals surface area contributed by atoms with Crippen molar-refractivity contribution in [1.82, 2.24) is 9.88 Å². The zero-order valence-electron chi connectivity index (χ0n) is 17.6. The number of nitrogens with zero attached hydrogens (tertiary/aromatic N) is 3. The Bertz CT molecular complexity index is 856. The fourth-order valence-electron chi connectivity index (χ4n) is 3.94. The lowest BCUT2D eigenvalue weighted by Gasteiger charge is -2.36. The van der Waals surface area contributed by atoms with Gasteiger partial charge in [-0.3, -0.25) is 4.90 Å². The van der Waals surface area contributed by atoms with E-state index in [0.29, 0.717) is 0 Å². The minimum atomic E-state index is 0.0565. The lowest BCUT2D eigenvalue weighted by molar-refractivity contribution is 0.144. The first-order valence-corrected chi connectivity index (χ1v) is 10.6. The van der Waals surface area contributed by atoms with Gasteiger partial charge in [0, 0.05) is 57.8 Å². The molecule has 0 radical (unpaired) electrons.